The second kappa shape index (κ2) is 6.99. The summed E-state index contributed by atoms with van der Waals surface area (Å²) in [5, 5.41) is 15.0. The molecule has 1 aliphatic heterocycles. The number of hydrazone groups is 1. The minimum Gasteiger partial charge on any atom is -0.364 e. The summed E-state index contributed by atoms with van der Waals surface area (Å²) in [5.41, 5.74) is 10.3. The number of non-ortho nitro benzene ring substituents is 1. The fourth-order valence-corrected chi connectivity index (χ4v) is 2.99. The number of nitro groups is 1. The molecule has 0 radical (unpaired) electrons. The van der Waals surface area contributed by atoms with E-state index in [2.05, 4.69) is 15.5 Å². The Morgan fingerprint density at radius 2 is 2.00 bits per heavy atom. The number of primary amides is 1. The maximum Gasteiger partial charge on any atom is 0.271 e. The van der Waals surface area contributed by atoms with E-state index in [9.17, 15) is 14.9 Å². The van der Waals surface area contributed by atoms with Gasteiger partial charge in [-0.15, -0.1) is 0 Å². The number of fused-ring (bicyclic) bond motifs is 1. The molecule has 138 valence electrons. The van der Waals surface area contributed by atoms with E-state index in [-0.39, 0.29) is 11.4 Å². The van der Waals surface area contributed by atoms with Crippen LogP contribution in [0, 0.1) is 10.1 Å². The molecule has 27 heavy (non-hydrogen) atoms. The molecule has 0 fully saturated rings. The number of nitrogens with one attached hydrogen (secondary N) is 1. The molecule has 2 aromatic rings. The molecule has 0 saturated heterocycles. The molecule has 3 rings (SSSR count). The van der Waals surface area contributed by atoms with Crippen LogP contribution in [0.1, 0.15) is 25.0 Å². The molecule has 1 heterocycles. The molecule has 0 aliphatic carbocycles. The van der Waals surface area contributed by atoms with E-state index in [0.717, 1.165) is 17.5 Å². The van der Waals surface area contributed by atoms with Gasteiger partial charge in [-0.2, -0.15) is 5.10 Å². The number of hydrogen-bond acceptors (Lipinski definition) is 6. The third-order valence-electron chi connectivity index (χ3n) is 4.12. The summed E-state index contributed by atoms with van der Waals surface area (Å²) in [7, 11) is 0. The number of anilines is 1. The number of carbonyl (C=O) groups is 1. The fourth-order valence-electron chi connectivity index (χ4n) is 2.99. The van der Waals surface area contributed by atoms with Crippen LogP contribution >= 0.6 is 0 Å². The molecule has 3 N–H and O–H groups in total. The summed E-state index contributed by atoms with van der Waals surface area (Å²) in [4.78, 5) is 27.1. The third kappa shape index (κ3) is 4.00. The van der Waals surface area contributed by atoms with E-state index in [0.29, 0.717) is 11.4 Å². The van der Waals surface area contributed by atoms with Crippen molar-refractivity contribution < 1.29 is 9.72 Å². The Balaban J connectivity index is 2.01. The Labute approximate surface area is 156 Å². The SMILES string of the molecule is CC1(C)Cc2ccccc2C(/C(=N/Nc2cccc([N+](=O)[O-])c2)C(N)=O)=N1. The molecule has 2 aromatic carbocycles. The lowest BCUT2D eigenvalue weighted by Gasteiger charge is -2.28. The standard InChI is InChI=1S/C19H19N5O3/c1-19(2)11-12-6-3-4-9-15(12)16(21-19)17(18(20)25)23-22-13-7-5-8-14(10-13)24(26)27/h3-10,22H,11H2,1-2H3,(H2,20,25)/b23-17-. The van der Waals surface area contributed by atoms with Crippen molar-refractivity contribution in [3.63, 3.8) is 0 Å². The summed E-state index contributed by atoms with van der Waals surface area (Å²) in [6.07, 6.45) is 0.733. The quantitative estimate of drug-likeness (QED) is 0.480. The van der Waals surface area contributed by atoms with Crippen molar-refractivity contribution in [2.24, 2.45) is 15.8 Å². The first kappa shape index (κ1) is 18.2. The zero-order valence-electron chi connectivity index (χ0n) is 15.0. The van der Waals surface area contributed by atoms with Crippen LogP contribution in [0.4, 0.5) is 11.4 Å². The van der Waals surface area contributed by atoms with E-state index in [1.807, 2.05) is 38.1 Å². The van der Waals surface area contributed by atoms with Crippen LogP contribution in [0.5, 0.6) is 0 Å². The topological polar surface area (TPSA) is 123 Å². The Kier molecular flexibility index (Phi) is 4.72. The highest BCUT2D eigenvalue weighted by molar-refractivity contribution is 6.70. The lowest BCUT2D eigenvalue weighted by atomic mass is 9.85. The van der Waals surface area contributed by atoms with Crippen LogP contribution in [0.3, 0.4) is 0 Å². The Bertz CT molecular complexity index is 979. The number of hydrogen-bond donors (Lipinski definition) is 2. The number of nitro benzene ring substituents is 1. The monoisotopic (exact) mass is 365 g/mol. The normalized spacial score (nSPS) is 15.5. The maximum absolute atomic E-state index is 12.1. The smallest absolute Gasteiger partial charge is 0.271 e. The Hall–Kier alpha value is -3.55. The van der Waals surface area contributed by atoms with Gasteiger partial charge in [0.2, 0.25) is 0 Å². The number of rotatable bonds is 5. The van der Waals surface area contributed by atoms with Gasteiger partial charge in [-0.05, 0) is 31.9 Å². The number of nitrogens with two attached hydrogens (primary N) is 1. The van der Waals surface area contributed by atoms with Crippen LogP contribution in [0.2, 0.25) is 0 Å². The van der Waals surface area contributed by atoms with Gasteiger partial charge in [-0.25, -0.2) is 0 Å². The maximum atomic E-state index is 12.1. The summed E-state index contributed by atoms with van der Waals surface area (Å²) >= 11 is 0. The highest BCUT2D eigenvalue weighted by atomic mass is 16.6. The third-order valence-corrected chi connectivity index (χ3v) is 4.12. The van der Waals surface area contributed by atoms with Crippen LogP contribution in [0.15, 0.2) is 58.6 Å². The highest BCUT2D eigenvalue weighted by Gasteiger charge is 2.30. The van der Waals surface area contributed by atoms with Gasteiger partial charge in [0.1, 0.15) is 0 Å². The van der Waals surface area contributed by atoms with Gasteiger partial charge in [-0.1, -0.05) is 30.3 Å². The van der Waals surface area contributed by atoms with Gasteiger partial charge < -0.3 is 5.73 Å². The lowest BCUT2D eigenvalue weighted by molar-refractivity contribution is -0.384. The van der Waals surface area contributed by atoms with Gasteiger partial charge in [-0.3, -0.25) is 25.3 Å². The minimum atomic E-state index is -0.737. The van der Waals surface area contributed by atoms with E-state index in [1.165, 1.54) is 18.2 Å². The molecule has 0 unspecified atom stereocenters. The molecule has 0 spiro atoms. The van der Waals surface area contributed by atoms with Crippen LogP contribution < -0.4 is 11.2 Å². The summed E-state index contributed by atoms with van der Waals surface area (Å²) < 4.78 is 0. The van der Waals surface area contributed by atoms with Gasteiger partial charge in [0.15, 0.2) is 5.71 Å². The largest absolute Gasteiger partial charge is 0.364 e. The fraction of sp³-hybridized carbons (Fsp3) is 0.211. The molecule has 8 nitrogen and oxygen atoms in total. The van der Waals surface area contributed by atoms with Gasteiger partial charge >= 0.3 is 0 Å². The van der Waals surface area contributed by atoms with Crippen LogP contribution in [-0.2, 0) is 11.2 Å². The van der Waals surface area contributed by atoms with Crippen molar-refractivity contribution in [2.75, 3.05) is 5.43 Å². The van der Waals surface area contributed by atoms with E-state index < -0.39 is 16.4 Å². The van der Waals surface area contributed by atoms with Crippen molar-refractivity contribution in [1.82, 2.24) is 0 Å². The molecular weight excluding hydrogens is 346 g/mol. The second-order valence-electron chi connectivity index (χ2n) is 6.85. The summed E-state index contributed by atoms with van der Waals surface area (Å²) in [6.45, 7) is 3.94. The molecule has 1 amide bonds. The molecule has 1 aliphatic rings. The Morgan fingerprint density at radius 3 is 2.70 bits per heavy atom. The average molecular weight is 365 g/mol. The van der Waals surface area contributed by atoms with Crippen molar-refractivity contribution >= 4 is 28.7 Å². The predicted octanol–water partition coefficient (Wildman–Crippen LogP) is 2.67. The van der Waals surface area contributed by atoms with Gasteiger partial charge in [0.25, 0.3) is 11.6 Å². The zero-order valence-corrected chi connectivity index (χ0v) is 15.0. The molecule has 0 saturated carbocycles. The van der Waals surface area contributed by atoms with E-state index in [4.69, 9.17) is 5.73 Å². The van der Waals surface area contributed by atoms with Gasteiger partial charge in [0.05, 0.1) is 21.9 Å². The number of carbonyl (C=O) groups excluding carboxylic acids is 1. The Morgan fingerprint density at radius 1 is 1.26 bits per heavy atom. The number of amides is 1. The highest BCUT2D eigenvalue weighted by Crippen LogP contribution is 2.27. The predicted molar refractivity (Wildman–Crippen MR) is 104 cm³/mol. The van der Waals surface area contributed by atoms with Crippen molar-refractivity contribution in [1.29, 1.82) is 0 Å². The van der Waals surface area contributed by atoms with Crippen molar-refractivity contribution in [2.45, 2.75) is 25.8 Å². The first-order valence-corrected chi connectivity index (χ1v) is 8.33. The number of benzene rings is 2. The number of nitrogens with zero attached hydrogens (tertiary/aromatic N) is 3. The number of aliphatic imine (C=N–C) groups is 1. The minimum absolute atomic E-state index is 0.0262. The van der Waals surface area contributed by atoms with E-state index >= 15 is 0 Å². The van der Waals surface area contributed by atoms with Crippen molar-refractivity contribution in [3.05, 3.63) is 69.8 Å². The van der Waals surface area contributed by atoms with Crippen LogP contribution in [-0.4, -0.2) is 27.8 Å². The molecule has 0 aromatic heterocycles. The first-order valence-electron chi connectivity index (χ1n) is 8.33. The summed E-state index contributed by atoms with van der Waals surface area (Å²) in [5.74, 6) is -0.737. The molecular formula is C19H19N5O3. The lowest BCUT2D eigenvalue weighted by Crippen LogP contribution is -2.38. The molecule has 0 atom stereocenters. The summed E-state index contributed by atoms with van der Waals surface area (Å²) in [6, 6.07) is 13.5. The van der Waals surface area contributed by atoms with E-state index in [1.54, 1.807) is 6.07 Å². The van der Waals surface area contributed by atoms with Crippen LogP contribution in [0.25, 0.3) is 0 Å². The average Bonchev–Trinajstić information content (AvgIpc) is 2.60. The van der Waals surface area contributed by atoms with Crippen molar-refractivity contribution in [3.8, 4) is 0 Å². The zero-order chi connectivity index (χ0) is 19.6. The van der Waals surface area contributed by atoms with Gasteiger partial charge in [0, 0.05) is 17.7 Å². The molecule has 0 bridgehead atoms. The first-order chi connectivity index (χ1) is 12.8. The molecule has 8 heteroatoms. The second-order valence-corrected chi connectivity index (χ2v) is 6.85.